The van der Waals surface area contributed by atoms with Crippen LogP contribution in [0.4, 0.5) is 24.5 Å². The molecule has 2 aliphatic heterocycles. The fourth-order valence-corrected chi connectivity index (χ4v) is 8.01. The number of imide groups is 1. The SMILES string of the molecule is O=C(Cn1c2c(sc1=O)C(c1ccccc1)C1C(=O)N(c3cccc(C(F)(F)F)c3)C(=O)C1S2)Nc1ccc(O)cc1. The number of amides is 3. The summed E-state index contributed by atoms with van der Waals surface area (Å²) >= 11 is 1.84. The average Bonchev–Trinajstić information content (AvgIpc) is 3.40. The Bertz CT molecular complexity index is 1770. The molecular weight excluding hydrogens is 591 g/mol. The lowest BCUT2D eigenvalue weighted by Crippen LogP contribution is -2.33. The molecule has 1 fully saturated rings. The van der Waals surface area contributed by atoms with E-state index in [2.05, 4.69) is 5.32 Å². The van der Waals surface area contributed by atoms with Crippen LogP contribution in [0.15, 0.2) is 88.7 Å². The van der Waals surface area contributed by atoms with Gasteiger partial charge >= 0.3 is 11.0 Å². The van der Waals surface area contributed by atoms with Gasteiger partial charge in [-0.1, -0.05) is 59.5 Å². The summed E-state index contributed by atoms with van der Waals surface area (Å²) in [4.78, 5) is 54.5. The molecule has 2 aliphatic rings. The summed E-state index contributed by atoms with van der Waals surface area (Å²) < 4.78 is 41.6. The van der Waals surface area contributed by atoms with Gasteiger partial charge in [-0.2, -0.15) is 13.2 Å². The predicted octanol–water partition coefficient (Wildman–Crippen LogP) is 5.07. The highest BCUT2D eigenvalue weighted by Crippen LogP contribution is 2.54. The topological polar surface area (TPSA) is 109 Å². The van der Waals surface area contributed by atoms with Crippen molar-refractivity contribution in [1.29, 1.82) is 0 Å². The van der Waals surface area contributed by atoms with Gasteiger partial charge in [0, 0.05) is 16.5 Å². The summed E-state index contributed by atoms with van der Waals surface area (Å²) in [5.74, 6) is -3.58. The van der Waals surface area contributed by atoms with Crippen molar-refractivity contribution in [3.63, 3.8) is 0 Å². The van der Waals surface area contributed by atoms with E-state index in [1.807, 2.05) is 0 Å². The smallest absolute Gasteiger partial charge is 0.416 e. The second-order valence-corrected chi connectivity index (χ2v) is 11.9. The van der Waals surface area contributed by atoms with Crippen molar-refractivity contribution in [2.45, 2.75) is 28.9 Å². The normalized spacial score (nSPS) is 19.9. The molecule has 3 aromatic carbocycles. The van der Waals surface area contributed by atoms with E-state index in [4.69, 9.17) is 0 Å². The van der Waals surface area contributed by atoms with Crippen LogP contribution in [0, 0.1) is 5.92 Å². The molecule has 13 heteroatoms. The van der Waals surface area contributed by atoms with Gasteiger partial charge in [0.25, 0.3) is 0 Å². The van der Waals surface area contributed by atoms with E-state index in [1.165, 1.54) is 34.9 Å². The van der Waals surface area contributed by atoms with Gasteiger partial charge in [-0.05, 0) is 48.0 Å². The van der Waals surface area contributed by atoms with E-state index in [1.54, 1.807) is 30.3 Å². The highest BCUT2D eigenvalue weighted by molar-refractivity contribution is 8.00. The van der Waals surface area contributed by atoms with Crippen LogP contribution in [0.3, 0.4) is 0 Å². The minimum atomic E-state index is -4.67. The van der Waals surface area contributed by atoms with Crippen LogP contribution in [0.2, 0.25) is 0 Å². The molecular formula is C29H20F3N3O5S2. The molecule has 6 rings (SSSR count). The predicted molar refractivity (Wildman–Crippen MR) is 151 cm³/mol. The summed E-state index contributed by atoms with van der Waals surface area (Å²) in [6.07, 6.45) is -4.67. The molecule has 0 saturated carbocycles. The van der Waals surface area contributed by atoms with Crippen molar-refractivity contribution in [1.82, 2.24) is 4.57 Å². The third-order valence-corrected chi connectivity index (χ3v) is 9.70. The van der Waals surface area contributed by atoms with Gasteiger partial charge in [0.2, 0.25) is 17.7 Å². The second kappa shape index (κ2) is 10.5. The van der Waals surface area contributed by atoms with Crippen molar-refractivity contribution >= 4 is 52.2 Å². The third-order valence-electron chi connectivity index (χ3n) is 7.09. The van der Waals surface area contributed by atoms with Crippen LogP contribution in [0.5, 0.6) is 5.75 Å². The lowest BCUT2D eigenvalue weighted by molar-refractivity contribution is -0.137. The van der Waals surface area contributed by atoms with Crippen LogP contribution in [0.25, 0.3) is 0 Å². The first kappa shape index (κ1) is 27.8. The summed E-state index contributed by atoms with van der Waals surface area (Å²) in [7, 11) is 0. The Morgan fingerprint density at radius 3 is 2.33 bits per heavy atom. The first-order chi connectivity index (χ1) is 20.0. The van der Waals surface area contributed by atoms with Crippen molar-refractivity contribution in [3.05, 3.63) is 105 Å². The number of thiazole rings is 1. The molecule has 3 heterocycles. The molecule has 42 heavy (non-hydrogen) atoms. The quantitative estimate of drug-likeness (QED) is 0.241. The maximum Gasteiger partial charge on any atom is 0.416 e. The number of rotatable bonds is 5. The van der Waals surface area contributed by atoms with E-state index in [0.29, 0.717) is 21.2 Å². The number of hydrogen-bond acceptors (Lipinski definition) is 7. The van der Waals surface area contributed by atoms with Gasteiger partial charge in [0.05, 0.1) is 22.2 Å². The molecule has 8 nitrogen and oxygen atoms in total. The number of benzene rings is 3. The molecule has 214 valence electrons. The zero-order valence-corrected chi connectivity index (χ0v) is 23.0. The Morgan fingerprint density at radius 2 is 1.64 bits per heavy atom. The van der Waals surface area contributed by atoms with E-state index in [0.717, 1.165) is 46.2 Å². The molecule has 3 unspecified atom stereocenters. The third kappa shape index (κ3) is 4.88. The zero-order chi connectivity index (χ0) is 29.8. The fourth-order valence-electron chi connectivity index (χ4n) is 5.24. The number of fused-ring (bicyclic) bond motifs is 2. The van der Waals surface area contributed by atoms with Gasteiger partial charge in [-0.25, -0.2) is 4.90 Å². The zero-order valence-electron chi connectivity index (χ0n) is 21.4. The van der Waals surface area contributed by atoms with Crippen LogP contribution >= 0.6 is 23.1 Å². The Balaban J connectivity index is 1.39. The van der Waals surface area contributed by atoms with E-state index < -0.39 is 51.4 Å². The van der Waals surface area contributed by atoms with Crippen LogP contribution in [-0.2, 0) is 27.1 Å². The fraction of sp³-hybridized carbons (Fsp3) is 0.172. The molecule has 1 saturated heterocycles. The monoisotopic (exact) mass is 611 g/mol. The van der Waals surface area contributed by atoms with E-state index in [-0.39, 0.29) is 18.0 Å². The maximum atomic E-state index is 13.9. The number of nitrogens with one attached hydrogen (secondary N) is 1. The molecule has 3 amide bonds. The van der Waals surface area contributed by atoms with Gasteiger partial charge in [-0.3, -0.25) is 23.7 Å². The van der Waals surface area contributed by atoms with Crippen molar-refractivity contribution in [3.8, 4) is 5.75 Å². The Labute approximate surface area is 244 Å². The van der Waals surface area contributed by atoms with Gasteiger partial charge < -0.3 is 10.4 Å². The Morgan fingerprint density at radius 1 is 0.929 bits per heavy atom. The summed E-state index contributed by atoms with van der Waals surface area (Å²) in [5, 5.41) is 11.5. The minimum Gasteiger partial charge on any atom is -0.508 e. The summed E-state index contributed by atoms with van der Waals surface area (Å²) in [6.45, 7) is -0.378. The molecule has 1 aromatic heterocycles. The number of alkyl halides is 3. The van der Waals surface area contributed by atoms with E-state index in [9.17, 15) is 37.5 Å². The van der Waals surface area contributed by atoms with Gasteiger partial charge in [0.1, 0.15) is 17.5 Å². The molecule has 2 N–H and O–H groups in total. The van der Waals surface area contributed by atoms with E-state index >= 15 is 0 Å². The highest BCUT2D eigenvalue weighted by atomic mass is 32.2. The lowest BCUT2D eigenvalue weighted by Gasteiger charge is -2.30. The molecule has 0 bridgehead atoms. The number of aromatic hydroxyl groups is 1. The number of aromatic nitrogens is 1. The number of anilines is 2. The van der Waals surface area contributed by atoms with Gasteiger partial charge in [-0.15, -0.1) is 0 Å². The number of thioether (sulfide) groups is 1. The number of carbonyl (C=O) groups excluding carboxylic acids is 3. The van der Waals surface area contributed by atoms with Crippen molar-refractivity contribution in [2.75, 3.05) is 10.2 Å². The highest BCUT2D eigenvalue weighted by Gasteiger charge is 2.57. The van der Waals surface area contributed by atoms with Crippen LogP contribution in [-0.4, -0.2) is 32.6 Å². The number of phenolic OH excluding ortho intramolecular Hbond substituents is 1. The second-order valence-electron chi connectivity index (χ2n) is 9.73. The number of nitrogens with zero attached hydrogens (tertiary/aromatic N) is 2. The number of carbonyl (C=O) groups is 3. The summed E-state index contributed by atoms with van der Waals surface area (Å²) in [5.41, 5.74) is -0.118. The maximum absolute atomic E-state index is 13.9. The Hall–Kier alpha value is -4.36. The molecule has 0 radical (unpaired) electrons. The average molecular weight is 612 g/mol. The molecule has 0 spiro atoms. The molecule has 3 atom stereocenters. The first-order valence-corrected chi connectivity index (χ1v) is 14.3. The standard InChI is InChI=1S/C29H20F3N3O5S2/c30-29(31,32)16-7-4-8-18(13-16)35-25(38)22-21(15-5-2-1-3-6-15)24-27(41-23(22)26(35)39)34(28(40)42-24)14-20(37)33-17-9-11-19(36)12-10-17/h1-13,21-23,36H,14H2,(H,33,37). The van der Waals surface area contributed by atoms with Crippen molar-refractivity contribution < 1.29 is 32.7 Å². The lowest BCUT2D eigenvalue weighted by atomic mass is 9.83. The molecule has 0 aliphatic carbocycles. The Kier molecular flexibility index (Phi) is 6.93. The summed E-state index contributed by atoms with van der Waals surface area (Å²) in [6, 6.07) is 18.6. The van der Waals surface area contributed by atoms with Crippen LogP contribution in [0.1, 0.15) is 21.9 Å². The number of phenols is 1. The largest absolute Gasteiger partial charge is 0.508 e. The van der Waals surface area contributed by atoms with Crippen LogP contribution < -0.4 is 15.1 Å². The van der Waals surface area contributed by atoms with Crippen molar-refractivity contribution in [2.24, 2.45) is 5.92 Å². The first-order valence-electron chi connectivity index (χ1n) is 12.6. The number of halogens is 3. The minimum absolute atomic E-state index is 0.0176. The van der Waals surface area contributed by atoms with Gasteiger partial charge in [0.15, 0.2) is 0 Å². The molecule has 4 aromatic rings. The number of hydrogen-bond donors (Lipinski definition) is 2.